The summed E-state index contributed by atoms with van der Waals surface area (Å²) in [6.07, 6.45) is -2.01. The van der Waals surface area contributed by atoms with Gasteiger partial charge in [0, 0.05) is 6.42 Å². The van der Waals surface area contributed by atoms with E-state index in [0.29, 0.717) is 0 Å². The highest BCUT2D eigenvalue weighted by atomic mass is 19.4. The van der Waals surface area contributed by atoms with Crippen molar-refractivity contribution < 1.29 is 48.3 Å². The molecule has 0 unspecified atom stereocenters. The standard InChI is InChI=1S/C8H7F11/c1-2-4(10,11)6(14,15)8(18,19)7(16,17)5(12,13)3-9/h2-3H2,1H3. The summed E-state index contributed by atoms with van der Waals surface area (Å²) in [5, 5.41) is 0. The van der Waals surface area contributed by atoms with Gasteiger partial charge in [0.2, 0.25) is 0 Å². The quantitative estimate of drug-likeness (QED) is 0.632. The van der Waals surface area contributed by atoms with Crippen LogP contribution >= 0.6 is 0 Å². The molecule has 19 heavy (non-hydrogen) atoms. The number of hydrogen-bond acceptors (Lipinski definition) is 0. The fourth-order valence-electron chi connectivity index (χ4n) is 0.962. The number of rotatable bonds is 6. The highest BCUT2D eigenvalue weighted by molar-refractivity contribution is 5.07. The number of halogens is 11. The summed E-state index contributed by atoms with van der Waals surface area (Å²) in [4.78, 5) is 0. The van der Waals surface area contributed by atoms with Crippen molar-refractivity contribution in [1.82, 2.24) is 0 Å². The van der Waals surface area contributed by atoms with Crippen molar-refractivity contribution in [3.05, 3.63) is 0 Å². The Morgan fingerprint density at radius 3 is 1.16 bits per heavy atom. The van der Waals surface area contributed by atoms with Crippen LogP contribution in [0, 0.1) is 0 Å². The molecule has 0 spiro atoms. The summed E-state index contributed by atoms with van der Waals surface area (Å²) in [6, 6.07) is 0. The molecule has 0 nitrogen and oxygen atoms in total. The van der Waals surface area contributed by atoms with Crippen molar-refractivity contribution in [2.75, 3.05) is 6.67 Å². The minimum Gasteiger partial charge on any atom is -0.244 e. The lowest BCUT2D eigenvalue weighted by Gasteiger charge is -2.38. The maximum atomic E-state index is 12.7. The van der Waals surface area contributed by atoms with Crippen LogP contribution in [-0.4, -0.2) is 36.3 Å². The molecule has 116 valence electrons. The fourth-order valence-corrected chi connectivity index (χ4v) is 0.962. The molecule has 0 atom stereocenters. The molecule has 0 bridgehead atoms. The van der Waals surface area contributed by atoms with E-state index in [0.717, 1.165) is 0 Å². The molecule has 0 aliphatic rings. The van der Waals surface area contributed by atoms with E-state index in [4.69, 9.17) is 0 Å². The van der Waals surface area contributed by atoms with Gasteiger partial charge in [-0.2, -0.15) is 43.9 Å². The molecule has 0 heterocycles. The van der Waals surface area contributed by atoms with Crippen LogP contribution in [0.2, 0.25) is 0 Å². The zero-order chi connectivity index (χ0) is 15.9. The van der Waals surface area contributed by atoms with Crippen LogP contribution in [0.5, 0.6) is 0 Å². The van der Waals surface area contributed by atoms with Crippen molar-refractivity contribution in [2.24, 2.45) is 0 Å². The van der Waals surface area contributed by atoms with Crippen molar-refractivity contribution in [1.29, 1.82) is 0 Å². The third-order valence-corrected chi connectivity index (χ3v) is 2.32. The highest BCUT2D eigenvalue weighted by Crippen LogP contribution is 2.57. The smallest absolute Gasteiger partial charge is 0.244 e. The topological polar surface area (TPSA) is 0 Å². The van der Waals surface area contributed by atoms with Gasteiger partial charge in [0.15, 0.2) is 6.67 Å². The Labute approximate surface area is 99.1 Å². The molecule has 0 saturated heterocycles. The molecule has 0 saturated carbocycles. The molecule has 0 aliphatic carbocycles. The van der Waals surface area contributed by atoms with Gasteiger partial charge in [-0.05, 0) is 0 Å². The molecule has 0 N–H and O–H groups in total. The summed E-state index contributed by atoms with van der Waals surface area (Å²) in [7, 11) is 0. The van der Waals surface area contributed by atoms with Crippen LogP contribution in [0.15, 0.2) is 0 Å². The summed E-state index contributed by atoms with van der Waals surface area (Å²) in [5.74, 6) is -32.8. The van der Waals surface area contributed by atoms with Gasteiger partial charge < -0.3 is 0 Å². The van der Waals surface area contributed by atoms with Crippen molar-refractivity contribution in [2.45, 2.75) is 43.0 Å². The lowest BCUT2D eigenvalue weighted by Crippen LogP contribution is -2.67. The highest BCUT2D eigenvalue weighted by Gasteiger charge is 2.85. The zero-order valence-corrected chi connectivity index (χ0v) is 9.07. The molecule has 0 amide bonds. The van der Waals surface area contributed by atoms with Crippen LogP contribution in [0.1, 0.15) is 13.3 Å². The Morgan fingerprint density at radius 1 is 0.579 bits per heavy atom. The average Bonchev–Trinajstić information content (AvgIpc) is 2.27. The fraction of sp³-hybridized carbons (Fsp3) is 1.00. The first-order valence-electron chi connectivity index (χ1n) is 4.57. The molecule has 0 radical (unpaired) electrons. The van der Waals surface area contributed by atoms with E-state index < -0.39 is 42.7 Å². The lowest BCUT2D eigenvalue weighted by molar-refractivity contribution is -0.402. The first-order chi connectivity index (χ1) is 8.12. The van der Waals surface area contributed by atoms with Gasteiger partial charge in [-0.3, -0.25) is 0 Å². The van der Waals surface area contributed by atoms with Crippen molar-refractivity contribution in [3.63, 3.8) is 0 Å². The molecule has 0 aromatic rings. The summed E-state index contributed by atoms with van der Waals surface area (Å²) < 4.78 is 137. The summed E-state index contributed by atoms with van der Waals surface area (Å²) in [5.41, 5.74) is 0. The SMILES string of the molecule is CCC(F)(F)C(F)(F)C(F)(F)C(F)(F)C(F)(F)CF. The molecule has 0 fully saturated rings. The predicted octanol–water partition coefficient (Wildman–Crippen LogP) is 4.54. The zero-order valence-electron chi connectivity index (χ0n) is 9.07. The molecule has 0 aromatic heterocycles. The Balaban J connectivity index is 5.86. The molecule has 0 rings (SSSR count). The van der Waals surface area contributed by atoms with Gasteiger partial charge in [-0.15, -0.1) is 0 Å². The Hall–Kier alpha value is -0.770. The van der Waals surface area contributed by atoms with Gasteiger partial charge in [-0.25, -0.2) is 4.39 Å². The minimum atomic E-state index is -7.14. The van der Waals surface area contributed by atoms with E-state index in [1.165, 1.54) is 0 Å². The van der Waals surface area contributed by atoms with Gasteiger partial charge in [-0.1, -0.05) is 6.92 Å². The Morgan fingerprint density at radius 2 is 0.895 bits per heavy atom. The van der Waals surface area contributed by atoms with Crippen LogP contribution < -0.4 is 0 Å². The van der Waals surface area contributed by atoms with Crippen LogP contribution in [-0.2, 0) is 0 Å². The molecular weight excluding hydrogens is 305 g/mol. The first kappa shape index (κ1) is 18.2. The van der Waals surface area contributed by atoms with Crippen molar-refractivity contribution in [3.8, 4) is 0 Å². The van der Waals surface area contributed by atoms with E-state index in [9.17, 15) is 48.3 Å². The monoisotopic (exact) mass is 312 g/mol. The molecule has 0 aliphatic heterocycles. The maximum Gasteiger partial charge on any atom is 0.384 e. The number of hydrogen-bond donors (Lipinski definition) is 0. The second kappa shape index (κ2) is 4.65. The molecule has 11 heteroatoms. The largest absolute Gasteiger partial charge is 0.384 e. The maximum absolute atomic E-state index is 12.7. The molecular formula is C8H7F11. The first-order valence-corrected chi connectivity index (χ1v) is 4.57. The van der Waals surface area contributed by atoms with Gasteiger partial charge >= 0.3 is 29.6 Å². The van der Waals surface area contributed by atoms with Crippen LogP contribution in [0.25, 0.3) is 0 Å². The summed E-state index contributed by atoms with van der Waals surface area (Å²) >= 11 is 0. The molecule has 0 aromatic carbocycles. The summed E-state index contributed by atoms with van der Waals surface area (Å²) in [6.45, 7) is -3.15. The Kier molecular flexibility index (Phi) is 4.46. The van der Waals surface area contributed by atoms with Crippen LogP contribution in [0.4, 0.5) is 48.3 Å². The van der Waals surface area contributed by atoms with E-state index in [1.54, 1.807) is 0 Å². The minimum absolute atomic E-state index is 0.259. The van der Waals surface area contributed by atoms with Crippen molar-refractivity contribution >= 4 is 0 Å². The second-order valence-electron chi connectivity index (χ2n) is 3.62. The van der Waals surface area contributed by atoms with E-state index in [2.05, 4.69) is 0 Å². The van der Waals surface area contributed by atoms with E-state index in [1.807, 2.05) is 0 Å². The normalized spacial score (nSPS) is 15.8. The average molecular weight is 312 g/mol. The third-order valence-electron chi connectivity index (χ3n) is 2.32. The van der Waals surface area contributed by atoms with E-state index in [-0.39, 0.29) is 6.92 Å². The van der Waals surface area contributed by atoms with Crippen LogP contribution in [0.3, 0.4) is 0 Å². The van der Waals surface area contributed by atoms with Gasteiger partial charge in [0.1, 0.15) is 0 Å². The lowest BCUT2D eigenvalue weighted by atomic mass is 9.94. The second-order valence-corrected chi connectivity index (χ2v) is 3.62. The predicted molar refractivity (Wildman–Crippen MR) is 41.0 cm³/mol. The Bertz CT molecular complexity index is 289. The third kappa shape index (κ3) is 2.35. The number of alkyl halides is 11. The van der Waals surface area contributed by atoms with E-state index >= 15 is 0 Å². The van der Waals surface area contributed by atoms with Gasteiger partial charge in [0.05, 0.1) is 0 Å². The van der Waals surface area contributed by atoms with Gasteiger partial charge in [0.25, 0.3) is 0 Å².